The van der Waals surface area contributed by atoms with Gasteiger partial charge in [0.15, 0.2) is 7.98 Å². The van der Waals surface area contributed by atoms with Gasteiger partial charge in [0.25, 0.3) is 0 Å². The summed E-state index contributed by atoms with van der Waals surface area (Å²) in [5, 5.41) is 0. The van der Waals surface area contributed by atoms with E-state index >= 15 is 0 Å². The molecule has 1 aliphatic heterocycles. The van der Waals surface area contributed by atoms with Crippen LogP contribution in [0.3, 0.4) is 0 Å². The van der Waals surface area contributed by atoms with E-state index in [1.54, 1.807) is 18.0 Å². The van der Waals surface area contributed by atoms with Gasteiger partial charge >= 0.3 is 0 Å². The van der Waals surface area contributed by atoms with Crippen molar-refractivity contribution in [2.45, 2.75) is 18.6 Å². The SMILES string of the molecule is [B]N1C[C@H](Oc2cc(N)cc(F)c2)C[C@H]1COC. The quantitative estimate of drug-likeness (QED) is 0.638. The van der Waals surface area contributed by atoms with E-state index in [-0.39, 0.29) is 12.1 Å². The Morgan fingerprint density at radius 2 is 2.28 bits per heavy atom. The van der Waals surface area contributed by atoms with Gasteiger partial charge in [0, 0.05) is 43.9 Å². The molecule has 0 amide bonds. The van der Waals surface area contributed by atoms with Gasteiger partial charge in [0.2, 0.25) is 0 Å². The third kappa shape index (κ3) is 3.14. The van der Waals surface area contributed by atoms with Crippen LogP contribution in [0.15, 0.2) is 18.2 Å². The standard InChI is InChI=1S/C12H16BFN2O2/c1-17-7-10-5-12(6-16(10)13)18-11-3-8(14)2-9(15)4-11/h2-4,10,12H,5-7,15H2,1H3/t10-,12+/m0/s1. The van der Waals surface area contributed by atoms with Gasteiger partial charge in [0.05, 0.1) is 6.61 Å². The summed E-state index contributed by atoms with van der Waals surface area (Å²) in [6.45, 7) is 1.14. The van der Waals surface area contributed by atoms with Crippen LogP contribution in [0.25, 0.3) is 0 Å². The number of rotatable bonds is 4. The summed E-state index contributed by atoms with van der Waals surface area (Å²) in [5.74, 6) is 0.0324. The minimum absolute atomic E-state index is 0.0728. The molecule has 1 fully saturated rings. The molecule has 0 bridgehead atoms. The highest BCUT2D eigenvalue weighted by Crippen LogP contribution is 2.24. The van der Waals surface area contributed by atoms with E-state index in [2.05, 4.69) is 0 Å². The predicted molar refractivity (Wildman–Crippen MR) is 68.0 cm³/mol. The largest absolute Gasteiger partial charge is 0.489 e. The molecule has 2 rings (SSSR count). The molecular formula is C12H16BFN2O2. The molecule has 96 valence electrons. The molecule has 0 aliphatic carbocycles. The van der Waals surface area contributed by atoms with Crippen LogP contribution in [0.1, 0.15) is 6.42 Å². The van der Waals surface area contributed by atoms with Crippen molar-refractivity contribution in [3.8, 4) is 5.75 Å². The third-order valence-corrected chi connectivity index (χ3v) is 2.97. The van der Waals surface area contributed by atoms with E-state index in [0.29, 0.717) is 24.6 Å². The maximum atomic E-state index is 13.2. The fraction of sp³-hybridized carbons (Fsp3) is 0.500. The second kappa shape index (κ2) is 5.58. The van der Waals surface area contributed by atoms with E-state index in [9.17, 15) is 4.39 Å². The van der Waals surface area contributed by atoms with Crippen LogP contribution in [0.5, 0.6) is 5.75 Å². The van der Waals surface area contributed by atoms with Crippen molar-refractivity contribution in [1.29, 1.82) is 0 Å². The molecule has 2 N–H and O–H groups in total. The van der Waals surface area contributed by atoms with E-state index in [1.165, 1.54) is 12.1 Å². The molecule has 0 saturated carbocycles. The molecule has 2 radical (unpaired) electrons. The minimum atomic E-state index is -0.402. The average molecular weight is 250 g/mol. The van der Waals surface area contributed by atoms with Crippen molar-refractivity contribution in [3.05, 3.63) is 24.0 Å². The molecule has 1 heterocycles. The number of hydrogen-bond donors (Lipinski definition) is 1. The van der Waals surface area contributed by atoms with Crippen LogP contribution in [-0.4, -0.2) is 45.2 Å². The highest BCUT2D eigenvalue weighted by molar-refractivity contribution is 6.04. The van der Waals surface area contributed by atoms with E-state index in [1.807, 2.05) is 0 Å². The Labute approximate surface area is 107 Å². The van der Waals surface area contributed by atoms with Gasteiger partial charge in [-0.1, -0.05) is 0 Å². The normalized spacial score (nSPS) is 24.3. The number of anilines is 1. The molecule has 2 atom stereocenters. The number of ether oxygens (including phenoxy) is 2. The van der Waals surface area contributed by atoms with Gasteiger partial charge in [-0.05, 0) is 6.07 Å². The van der Waals surface area contributed by atoms with Gasteiger partial charge in [-0.15, -0.1) is 0 Å². The molecule has 1 saturated heterocycles. The second-order valence-electron chi connectivity index (χ2n) is 4.50. The Morgan fingerprint density at radius 1 is 1.50 bits per heavy atom. The number of nitrogen functional groups attached to an aromatic ring is 1. The van der Waals surface area contributed by atoms with Crippen LogP contribution in [0.2, 0.25) is 0 Å². The van der Waals surface area contributed by atoms with Crippen LogP contribution in [0, 0.1) is 5.82 Å². The van der Waals surface area contributed by atoms with E-state index < -0.39 is 5.82 Å². The van der Waals surface area contributed by atoms with Crippen molar-refractivity contribution in [3.63, 3.8) is 0 Å². The number of nitrogens with two attached hydrogens (primary N) is 1. The van der Waals surface area contributed by atoms with Gasteiger partial charge in [-0.3, -0.25) is 0 Å². The van der Waals surface area contributed by atoms with Crippen molar-refractivity contribution in [1.82, 2.24) is 4.81 Å². The molecule has 18 heavy (non-hydrogen) atoms. The molecular weight excluding hydrogens is 234 g/mol. The second-order valence-corrected chi connectivity index (χ2v) is 4.50. The highest BCUT2D eigenvalue weighted by atomic mass is 19.1. The summed E-state index contributed by atoms with van der Waals surface area (Å²) in [6.07, 6.45) is 0.678. The summed E-state index contributed by atoms with van der Waals surface area (Å²) in [5.41, 5.74) is 5.91. The molecule has 1 aromatic carbocycles. The Kier molecular flexibility index (Phi) is 4.09. The Bertz CT molecular complexity index is 399. The number of benzene rings is 1. The molecule has 0 aromatic heterocycles. The lowest BCUT2D eigenvalue weighted by atomic mass is 10.2. The zero-order valence-electron chi connectivity index (χ0n) is 10.3. The summed E-state index contributed by atoms with van der Waals surface area (Å²) >= 11 is 0. The first kappa shape index (κ1) is 13.2. The van der Waals surface area contributed by atoms with Crippen molar-refractivity contribution in [2.24, 2.45) is 0 Å². The first-order chi connectivity index (χ1) is 8.58. The fourth-order valence-electron chi connectivity index (χ4n) is 2.18. The van der Waals surface area contributed by atoms with Gasteiger partial charge < -0.3 is 20.0 Å². The van der Waals surface area contributed by atoms with Gasteiger partial charge in [-0.2, -0.15) is 0 Å². The maximum Gasteiger partial charge on any atom is 0.183 e. The summed E-state index contributed by atoms with van der Waals surface area (Å²) in [6, 6.07) is 4.31. The molecule has 6 heteroatoms. The Hall–Kier alpha value is -1.27. The van der Waals surface area contributed by atoms with Crippen molar-refractivity contribution in [2.75, 3.05) is 26.0 Å². The molecule has 1 aromatic rings. The fourth-order valence-corrected chi connectivity index (χ4v) is 2.18. The molecule has 1 aliphatic rings. The highest BCUT2D eigenvalue weighted by Gasteiger charge is 2.30. The lowest BCUT2D eigenvalue weighted by Crippen LogP contribution is -2.30. The van der Waals surface area contributed by atoms with Crippen molar-refractivity contribution < 1.29 is 13.9 Å². The lowest BCUT2D eigenvalue weighted by Gasteiger charge is -2.17. The molecule has 0 unspecified atom stereocenters. The minimum Gasteiger partial charge on any atom is -0.489 e. The first-order valence-electron chi connectivity index (χ1n) is 5.81. The number of halogens is 1. The van der Waals surface area contributed by atoms with Crippen molar-refractivity contribution >= 4 is 13.7 Å². The van der Waals surface area contributed by atoms with Gasteiger partial charge in [-0.25, -0.2) is 4.39 Å². The first-order valence-corrected chi connectivity index (χ1v) is 5.81. The maximum absolute atomic E-state index is 13.2. The predicted octanol–water partition coefficient (Wildman–Crippen LogP) is 0.959. The zero-order chi connectivity index (χ0) is 13.1. The third-order valence-electron chi connectivity index (χ3n) is 2.97. The number of methoxy groups -OCH3 is 1. The Morgan fingerprint density at radius 3 is 2.94 bits per heavy atom. The van der Waals surface area contributed by atoms with E-state index in [4.69, 9.17) is 23.2 Å². The zero-order valence-corrected chi connectivity index (χ0v) is 10.3. The van der Waals surface area contributed by atoms with Crippen LogP contribution < -0.4 is 10.5 Å². The van der Waals surface area contributed by atoms with Crippen LogP contribution in [0.4, 0.5) is 10.1 Å². The molecule has 4 nitrogen and oxygen atoms in total. The monoisotopic (exact) mass is 250 g/mol. The lowest BCUT2D eigenvalue weighted by molar-refractivity contribution is 0.148. The topological polar surface area (TPSA) is 47.7 Å². The van der Waals surface area contributed by atoms with Crippen LogP contribution in [-0.2, 0) is 4.74 Å². The number of hydrogen-bond acceptors (Lipinski definition) is 4. The van der Waals surface area contributed by atoms with E-state index in [0.717, 1.165) is 6.42 Å². The summed E-state index contributed by atoms with van der Waals surface area (Å²) in [7, 11) is 7.48. The van der Waals surface area contributed by atoms with Gasteiger partial charge in [0.1, 0.15) is 17.7 Å². The van der Waals surface area contributed by atoms with Crippen LogP contribution >= 0.6 is 0 Å². The average Bonchev–Trinajstić information content (AvgIpc) is 2.58. The Balaban J connectivity index is 1.98. The molecule has 0 spiro atoms. The smallest absolute Gasteiger partial charge is 0.183 e. The summed E-state index contributed by atoms with van der Waals surface area (Å²) < 4.78 is 23.9. The summed E-state index contributed by atoms with van der Waals surface area (Å²) in [4.78, 5) is 1.69. The number of nitrogens with zero attached hydrogens (tertiary/aromatic N) is 1.